The first kappa shape index (κ1) is 13.8. The van der Waals surface area contributed by atoms with E-state index in [4.69, 9.17) is 5.26 Å². The zero-order valence-corrected chi connectivity index (χ0v) is 11.7. The molecule has 1 aliphatic carbocycles. The van der Waals surface area contributed by atoms with Crippen molar-refractivity contribution < 1.29 is 4.39 Å². The lowest BCUT2D eigenvalue weighted by atomic mass is 10.0. The SMILES string of the molecule is N#Cc1ccc(CNC(c2ccc(F)cc2)C2CC2)cc1. The molecule has 2 aromatic carbocycles. The standard InChI is InChI=1S/C18H17FN2/c19-17-9-7-16(8-10-17)18(15-5-6-15)21-12-14-3-1-13(11-20)2-4-14/h1-4,7-10,15,18,21H,5-6,12H2. The van der Waals surface area contributed by atoms with Crippen LogP contribution in [0.4, 0.5) is 4.39 Å². The van der Waals surface area contributed by atoms with Crippen molar-refractivity contribution in [3.8, 4) is 6.07 Å². The lowest BCUT2D eigenvalue weighted by molar-refractivity contribution is 0.479. The van der Waals surface area contributed by atoms with Crippen LogP contribution in [0.1, 0.15) is 35.6 Å². The molecule has 1 saturated carbocycles. The molecule has 2 nitrogen and oxygen atoms in total. The maximum atomic E-state index is 13.0. The number of benzene rings is 2. The largest absolute Gasteiger partial charge is 0.306 e. The molecule has 3 heteroatoms. The van der Waals surface area contributed by atoms with Gasteiger partial charge < -0.3 is 5.32 Å². The van der Waals surface area contributed by atoms with Gasteiger partial charge in [0.1, 0.15) is 5.82 Å². The second kappa shape index (κ2) is 6.07. The van der Waals surface area contributed by atoms with Gasteiger partial charge in [0.15, 0.2) is 0 Å². The molecule has 0 amide bonds. The summed E-state index contributed by atoms with van der Waals surface area (Å²) in [4.78, 5) is 0. The molecule has 1 fully saturated rings. The minimum Gasteiger partial charge on any atom is -0.306 e. The zero-order valence-electron chi connectivity index (χ0n) is 11.7. The average Bonchev–Trinajstić information content (AvgIpc) is 3.35. The predicted octanol–water partition coefficient (Wildman–Crippen LogP) is 3.94. The fraction of sp³-hybridized carbons (Fsp3) is 0.278. The number of hydrogen-bond donors (Lipinski definition) is 1. The molecule has 0 radical (unpaired) electrons. The van der Waals surface area contributed by atoms with Crippen molar-refractivity contribution in [2.45, 2.75) is 25.4 Å². The zero-order chi connectivity index (χ0) is 14.7. The molecule has 21 heavy (non-hydrogen) atoms. The van der Waals surface area contributed by atoms with E-state index in [0.29, 0.717) is 11.5 Å². The van der Waals surface area contributed by atoms with Crippen LogP contribution in [0.5, 0.6) is 0 Å². The van der Waals surface area contributed by atoms with E-state index in [1.165, 1.54) is 25.0 Å². The average molecular weight is 280 g/mol. The second-order valence-corrected chi connectivity index (χ2v) is 5.56. The maximum absolute atomic E-state index is 13.0. The lowest BCUT2D eigenvalue weighted by Crippen LogP contribution is -2.22. The van der Waals surface area contributed by atoms with Crippen LogP contribution in [-0.2, 0) is 6.54 Å². The fourth-order valence-corrected chi connectivity index (χ4v) is 2.58. The summed E-state index contributed by atoms with van der Waals surface area (Å²) in [6.45, 7) is 0.754. The van der Waals surface area contributed by atoms with E-state index in [2.05, 4.69) is 11.4 Å². The summed E-state index contributed by atoms with van der Waals surface area (Å²) in [6.07, 6.45) is 2.45. The minimum atomic E-state index is -0.194. The topological polar surface area (TPSA) is 35.8 Å². The van der Waals surface area contributed by atoms with Crippen LogP contribution in [0.25, 0.3) is 0 Å². The lowest BCUT2D eigenvalue weighted by Gasteiger charge is -2.19. The van der Waals surface area contributed by atoms with Crippen molar-refractivity contribution in [1.29, 1.82) is 5.26 Å². The van der Waals surface area contributed by atoms with Crippen LogP contribution >= 0.6 is 0 Å². The van der Waals surface area contributed by atoms with Gasteiger partial charge in [0.05, 0.1) is 11.6 Å². The van der Waals surface area contributed by atoms with Gasteiger partial charge in [-0.25, -0.2) is 4.39 Å². The van der Waals surface area contributed by atoms with Gasteiger partial charge in [-0.2, -0.15) is 5.26 Å². The summed E-state index contributed by atoms with van der Waals surface area (Å²) in [6, 6.07) is 16.8. The van der Waals surface area contributed by atoms with Crippen LogP contribution in [0.15, 0.2) is 48.5 Å². The van der Waals surface area contributed by atoms with Crippen molar-refractivity contribution in [2.75, 3.05) is 0 Å². The highest BCUT2D eigenvalue weighted by atomic mass is 19.1. The highest BCUT2D eigenvalue weighted by Gasteiger charge is 2.31. The van der Waals surface area contributed by atoms with Gasteiger partial charge in [0, 0.05) is 12.6 Å². The molecular weight excluding hydrogens is 263 g/mol. The normalized spacial score (nSPS) is 15.4. The van der Waals surface area contributed by atoms with Crippen LogP contribution in [-0.4, -0.2) is 0 Å². The number of nitrogens with zero attached hydrogens (tertiary/aromatic N) is 1. The van der Waals surface area contributed by atoms with Crippen molar-refractivity contribution in [2.24, 2.45) is 5.92 Å². The monoisotopic (exact) mass is 280 g/mol. The Bertz CT molecular complexity index is 636. The third-order valence-corrected chi connectivity index (χ3v) is 3.93. The highest BCUT2D eigenvalue weighted by molar-refractivity contribution is 5.31. The molecular formula is C18H17FN2. The second-order valence-electron chi connectivity index (χ2n) is 5.56. The van der Waals surface area contributed by atoms with Crippen molar-refractivity contribution in [1.82, 2.24) is 5.32 Å². The number of rotatable bonds is 5. The van der Waals surface area contributed by atoms with Gasteiger partial charge in [-0.3, -0.25) is 0 Å². The van der Waals surface area contributed by atoms with E-state index in [9.17, 15) is 4.39 Å². The van der Waals surface area contributed by atoms with Gasteiger partial charge in [-0.05, 0) is 54.2 Å². The number of halogens is 1. The first-order valence-electron chi connectivity index (χ1n) is 7.24. The minimum absolute atomic E-state index is 0.194. The summed E-state index contributed by atoms with van der Waals surface area (Å²) in [5.41, 5.74) is 2.98. The Kier molecular flexibility index (Phi) is 3.98. The van der Waals surface area contributed by atoms with Crippen molar-refractivity contribution >= 4 is 0 Å². The van der Waals surface area contributed by atoms with Crippen molar-refractivity contribution in [3.63, 3.8) is 0 Å². The summed E-state index contributed by atoms with van der Waals surface area (Å²) in [7, 11) is 0. The van der Waals surface area contributed by atoms with E-state index in [0.717, 1.165) is 17.7 Å². The summed E-state index contributed by atoms with van der Waals surface area (Å²) < 4.78 is 13.0. The van der Waals surface area contributed by atoms with Crippen LogP contribution in [0, 0.1) is 23.1 Å². The van der Waals surface area contributed by atoms with Crippen LogP contribution in [0.3, 0.4) is 0 Å². The van der Waals surface area contributed by atoms with Crippen molar-refractivity contribution in [3.05, 3.63) is 71.0 Å². The highest BCUT2D eigenvalue weighted by Crippen LogP contribution is 2.41. The molecule has 1 aliphatic rings. The Morgan fingerprint density at radius 1 is 1.10 bits per heavy atom. The third-order valence-electron chi connectivity index (χ3n) is 3.93. The molecule has 0 bridgehead atoms. The van der Waals surface area contributed by atoms with Gasteiger partial charge in [-0.1, -0.05) is 24.3 Å². The number of hydrogen-bond acceptors (Lipinski definition) is 2. The Morgan fingerprint density at radius 3 is 2.33 bits per heavy atom. The quantitative estimate of drug-likeness (QED) is 0.900. The van der Waals surface area contributed by atoms with Gasteiger partial charge >= 0.3 is 0 Å². The molecule has 1 atom stereocenters. The molecule has 0 heterocycles. The van der Waals surface area contributed by atoms with Crippen LogP contribution in [0.2, 0.25) is 0 Å². The molecule has 106 valence electrons. The molecule has 0 spiro atoms. The Morgan fingerprint density at radius 2 is 1.76 bits per heavy atom. The van der Waals surface area contributed by atoms with E-state index in [-0.39, 0.29) is 11.9 Å². The Labute approximate surface area is 124 Å². The summed E-state index contributed by atoms with van der Waals surface area (Å²) in [5, 5.41) is 12.4. The summed E-state index contributed by atoms with van der Waals surface area (Å²) in [5.74, 6) is 0.453. The van der Waals surface area contributed by atoms with Gasteiger partial charge in [0.2, 0.25) is 0 Å². The first-order valence-corrected chi connectivity index (χ1v) is 7.24. The molecule has 3 rings (SSSR count). The van der Waals surface area contributed by atoms with E-state index in [1.807, 2.05) is 36.4 Å². The molecule has 1 N–H and O–H groups in total. The number of nitrogens with one attached hydrogen (secondary N) is 1. The molecule has 0 saturated heterocycles. The third kappa shape index (κ3) is 3.48. The Hall–Kier alpha value is -2.18. The first-order chi connectivity index (χ1) is 10.3. The van der Waals surface area contributed by atoms with Gasteiger partial charge in [0.25, 0.3) is 0 Å². The van der Waals surface area contributed by atoms with E-state index < -0.39 is 0 Å². The fourth-order valence-electron chi connectivity index (χ4n) is 2.58. The smallest absolute Gasteiger partial charge is 0.123 e. The predicted molar refractivity (Wildman–Crippen MR) is 79.9 cm³/mol. The van der Waals surface area contributed by atoms with E-state index >= 15 is 0 Å². The van der Waals surface area contributed by atoms with Crippen LogP contribution < -0.4 is 5.32 Å². The summed E-state index contributed by atoms with van der Waals surface area (Å²) >= 11 is 0. The molecule has 0 aliphatic heterocycles. The molecule has 1 unspecified atom stereocenters. The molecule has 0 aromatic heterocycles. The van der Waals surface area contributed by atoms with Gasteiger partial charge in [-0.15, -0.1) is 0 Å². The Balaban J connectivity index is 1.68. The van der Waals surface area contributed by atoms with E-state index in [1.54, 1.807) is 0 Å². The maximum Gasteiger partial charge on any atom is 0.123 e. The molecule has 2 aromatic rings. The number of nitriles is 1.